The maximum absolute atomic E-state index is 13.7. The van der Waals surface area contributed by atoms with Crippen molar-refractivity contribution in [2.45, 2.75) is 33.2 Å². The fraction of sp³-hybridized carbons (Fsp3) is 0.207. The molecule has 0 fully saturated rings. The van der Waals surface area contributed by atoms with Crippen LogP contribution < -0.4 is 5.69 Å². The summed E-state index contributed by atoms with van der Waals surface area (Å²) in [5.74, 6) is -0.691. The number of carboxylic acids is 1. The molecule has 0 aliphatic carbocycles. The van der Waals surface area contributed by atoms with Crippen LogP contribution in [0.5, 0.6) is 0 Å². The topological polar surface area (TPSA) is 81.3 Å². The summed E-state index contributed by atoms with van der Waals surface area (Å²) in [6.07, 6.45) is 2.04. The van der Waals surface area contributed by atoms with E-state index in [4.69, 9.17) is 0 Å². The van der Waals surface area contributed by atoms with Gasteiger partial charge in [-0.1, -0.05) is 80.6 Å². The second-order valence-electron chi connectivity index (χ2n) is 8.93. The smallest absolute Gasteiger partial charge is 0.336 e. The van der Waals surface area contributed by atoms with Crippen molar-refractivity contribution in [3.05, 3.63) is 112 Å². The molecule has 3 aromatic carbocycles. The summed E-state index contributed by atoms with van der Waals surface area (Å²) in [4.78, 5) is 38.3. The molecule has 6 nitrogen and oxygen atoms in total. The van der Waals surface area contributed by atoms with Crippen molar-refractivity contribution in [2.75, 3.05) is 0 Å². The lowest BCUT2D eigenvalue weighted by molar-refractivity contribution is 0.0696. The first kappa shape index (κ1) is 24.0. The molecule has 35 heavy (non-hydrogen) atoms. The molecule has 0 saturated carbocycles. The van der Waals surface area contributed by atoms with Gasteiger partial charge in [-0.2, -0.15) is 0 Å². The van der Waals surface area contributed by atoms with Crippen molar-refractivity contribution >= 4 is 12.3 Å². The molecule has 0 aliphatic heterocycles. The number of hydrogen-bond donors (Lipinski definition) is 1. The van der Waals surface area contributed by atoms with E-state index < -0.39 is 5.97 Å². The van der Waals surface area contributed by atoms with Gasteiger partial charge in [0, 0.05) is 0 Å². The quantitative estimate of drug-likeness (QED) is 0.331. The van der Waals surface area contributed by atoms with Gasteiger partial charge in [-0.25, -0.2) is 9.59 Å². The maximum Gasteiger partial charge on any atom is 0.336 e. The molecular formula is C29H28N2O4. The van der Waals surface area contributed by atoms with Gasteiger partial charge in [0.25, 0.3) is 0 Å². The Morgan fingerprint density at radius 1 is 0.943 bits per heavy atom. The number of aromatic nitrogens is 2. The number of nitrogens with zero attached hydrogens (tertiary/aromatic N) is 2. The second-order valence-corrected chi connectivity index (χ2v) is 8.93. The van der Waals surface area contributed by atoms with E-state index in [0.717, 1.165) is 18.3 Å². The van der Waals surface area contributed by atoms with E-state index in [-0.39, 0.29) is 17.8 Å². The van der Waals surface area contributed by atoms with E-state index in [1.165, 1.54) is 4.57 Å². The van der Waals surface area contributed by atoms with Crippen LogP contribution >= 0.6 is 0 Å². The number of carboxylic acid groups (broad SMARTS) is 1. The van der Waals surface area contributed by atoms with Gasteiger partial charge in [0.1, 0.15) is 5.69 Å². The zero-order valence-corrected chi connectivity index (χ0v) is 19.8. The molecule has 0 aliphatic rings. The molecule has 0 unspecified atom stereocenters. The first-order chi connectivity index (χ1) is 16.9. The van der Waals surface area contributed by atoms with E-state index in [9.17, 15) is 19.5 Å². The van der Waals surface area contributed by atoms with Crippen LogP contribution in [0.3, 0.4) is 0 Å². The van der Waals surface area contributed by atoms with Crippen molar-refractivity contribution in [1.29, 1.82) is 0 Å². The van der Waals surface area contributed by atoms with Gasteiger partial charge in [0.2, 0.25) is 0 Å². The molecule has 1 N–H and O–H groups in total. The lowest BCUT2D eigenvalue weighted by atomic mass is 9.95. The van der Waals surface area contributed by atoms with Crippen LogP contribution in [0.25, 0.3) is 16.8 Å². The number of aldehydes is 1. The van der Waals surface area contributed by atoms with Crippen molar-refractivity contribution in [2.24, 2.45) is 5.92 Å². The van der Waals surface area contributed by atoms with Crippen molar-refractivity contribution in [3.8, 4) is 16.8 Å². The Bertz CT molecular complexity index is 1400. The minimum atomic E-state index is -1.06. The molecule has 0 saturated heterocycles. The summed E-state index contributed by atoms with van der Waals surface area (Å²) in [6, 6.07) is 23.7. The fourth-order valence-corrected chi connectivity index (χ4v) is 4.42. The minimum Gasteiger partial charge on any atom is -0.478 e. The first-order valence-corrected chi connectivity index (χ1v) is 11.7. The van der Waals surface area contributed by atoms with Crippen LogP contribution in [-0.2, 0) is 13.0 Å². The average molecular weight is 469 g/mol. The van der Waals surface area contributed by atoms with E-state index in [1.54, 1.807) is 34.9 Å². The molecule has 178 valence electrons. The monoisotopic (exact) mass is 468 g/mol. The van der Waals surface area contributed by atoms with Gasteiger partial charge in [0.15, 0.2) is 6.29 Å². The Morgan fingerprint density at radius 3 is 2.20 bits per heavy atom. The molecule has 0 atom stereocenters. The molecule has 0 bridgehead atoms. The molecule has 4 aromatic rings. The lowest BCUT2D eigenvalue weighted by Gasteiger charge is -2.14. The van der Waals surface area contributed by atoms with Gasteiger partial charge >= 0.3 is 11.7 Å². The normalized spacial score (nSPS) is 11.1. The molecule has 1 aromatic heterocycles. The van der Waals surface area contributed by atoms with Crippen LogP contribution in [0.4, 0.5) is 0 Å². The Labute approximate surface area is 204 Å². The Morgan fingerprint density at radius 2 is 1.60 bits per heavy atom. The highest BCUT2D eigenvalue weighted by Crippen LogP contribution is 2.28. The van der Waals surface area contributed by atoms with Gasteiger partial charge < -0.3 is 5.11 Å². The zero-order chi connectivity index (χ0) is 24.9. The number of benzene rings is 3. The van der Waals surface area contributed by atoms with Crippen molar-refractivity contribution in [3.63, 3.8) is 0 Å². The van der Waals surface area contributed by atoms with Gasteiger partial charge in [-0.3, -0.25) is 13.9 Å². The molecule has 0 spiro atoms. The van der Waals surface area contributed by atoms with E-state index in [2.05, 4.69) is 13.8 Å². The van der Waals surface area contributed by atoms with E-state index >= 15 is 0 Å². The third-order valence-corrected chi connectivity index (χ3v) is 6.15. The summed E-state index contributed by atoms with van der Waals surface area (Å²) < 4.78 is 2.97. The van der Waals surface area contributed by atoms with E-state index in [1.807, 2.05) is 48.5 Å². The SMILES string of the molecule is CC(C)CCc1c(C=O)n(-c2ccccc2)c(=O)n1Cc1cccc(-c2ccccc2)c1C(=O)O. The molecule has 6 heteroatoms. The summed E-state index contributed by atoms with van der Waals surface area (Å²) >= 11 is 0. The highest BCUT2D eigenvalue weighted by molar-refractivity contribution is 5.97. The van der Waals surface area contributed by atoms with Gasteiger partial charge in [-0.05, 0) is 47.6 Å². The van der Waals surface area contributed by atoms with Crippen LogP contribution in [0.1, 0.15) is 52.4 Å². The third kappa shape index (κ3) is 4.87. The highest BCUT2D eigenvalue weighted by atomic mass is 16.4. The third-order valence-electron chi connectivity index (χ3n) is 6.15. The largest absolute Gasteiger partial charge is 0.478 e. The number of carbonyl (C=O) groups excluding carboxylic acids is 1. The van der Waals surface area contributed by atoms with Gasteiger partial charge in [0.05, 0.1) is 23.5 Å². The molecule has 0 radical (unpaired) electrons. The zero-order valence-electron chi connectivity index (χ0n) is 19.8. The van der Waals surface area contributed by atoms with Crippen LogP contribution in [0.2, 0.25) is 0 Å². The highest BCUT2D eigenvalue weighted by Gasteiger charge is 2.23. The average Bonchev–Trinajstić information content (AvgIpc) is 3.13. The van der Waals surface area contributed by atoms with Crippen LogP contribution in [0, 0.1) is 5.92 Å². The fourth-order valence-electron chi connectivity index (χ4n) is 4.42. The summed E-state index contributed by atoms with van der Waals surface area (Å²) in [7, 11) is 0. The summed E-state index contributed by atoms with van der Waals surface area (Å²) in [5, 5.41) is 10.1. The summed E-state index contributed by atoms with van der Waals surface area (Å²) in [6.45, 7) is 4.22. The molecular weight excluding hydrogens is 440 g/mol. The van der Waals surface area contributed by atoms with Crippen LogP contribution in [0.15, 0.2) is 83.7 Å². The predicted molar refractivity (Wildman–Crippen MR) is 137 cm³/mol. The van der Waals surface area contributed by atoms with Crippen molar-refractivity contribution < 1.29 is 14.7 Å². The number of imidazole rings is 1. The molecule has 4 rings (SSSR count). The number of rotatable bonds is 9. The number of aromatic carboxylic acids is 1. The standard InChI is InChI=1S/C29H28N2O4/c1-20(2)16-17-25-26(19-32)31(23-13-7-4-8-14-23)29(35)30(25)18-22-12-9-15-24(27(22)28(33)34)21-10-5-3-6-11-21/h3-15,19-20H,16-18H2,1-2H3,(H,33,34). The predicted octanol–water partition coefficient (Wildman–Crippen LogP) is 5.45. The Kier molecular flexibility index (Phi) is 7.11. The van der Waals surface area contributed by atoms with Crippen molar-refractivity contribution in [1.82, 2.24) is 9.13 Å². The molecule has 0 amide bonds. The maximum atomic E-state index is 13.7. The summed E-state index contributed by atoms with van der Waals surface area (Å²) in [5.41, 5.74) is 3.19. The number of para-hydroxylation sites is 1. The van der Waals surface area contributed by atoms with E-state index in [0.29, 0.717) is 40.5 Å². The minimum absolute atomic E-state index is 0.0508. The number of hydrogen-bond acceptors (Lipinski definition) is 3. The van der Waals surface area contributed by atoms with Gasteiger partial charge in [-0.15, -0.1) is 0 Å². The second kappa shape index (κ2) is 10.4. The first-order valence-electron chi connectivity index (χ1n) is 11.7. The lowest BCUT2D eigenvalue weighted by Crippen LogP contribution is -2.26. The number of carbonyl (C=O) groups is 2. The Hall–Kier alpha value is -4.19. The van der Waals surface area contributed by atoms with Crippen LogP contribution in [-0.4, -0.2) is 26.5 Å². The Balaban J connectivity index is 1.91. The molecule has 1 heterocycles.